The molecule has 3 N–H and O–H groups in total. The van der Waals surface area contributed by atoms with Crippen molar-refractivity contribution in [1.82, 2.24) is 5.32 Å². The Morgan fingerprint density at radius 3 is 2.09 bits per heavy atom. The third kappa shape index (κ3) is 7.94. The van der Waals surface area contributed by atoms with E-state index in [1.54, 1.807) is 48.5 Å². The molecule has 5 rings (SSSR count). The molecule has 1 fully saturated rings. The molecule has 230 valence electrons. The van der Waals surface area contributed by atoms with E-state index in [9.17, 15) is 24.3 Å². The largest absolute Gasteiger partial charge is 0.493 e. The van der Waals surface area contributed by atoms with E-state index in [1.165, 1.54) is 13.2 Å². The highest BCUT2D eigenvalue weighted by Crippen LogP contribution is 2.30. The van der Waals surface area contributed by atoms with Crippen molar-refractivity contribution >= 4 is 29.4 Å². The van der Waals surface area contributed by atoms with Crippen LogP contribution in [0.1, 0.15) is 52.0 Å². The first-order valence-electron chi connectivity index (χ1n) is 14.8. The Balaban J connectivity index is 1.20. The average Bonchev–Trinajstić information content (AvgIpc) is 3.61. The Labute approximate surface area is 261 Å². The smallest absolute Gasteiger partial charge is 0.343 e. The zero-order chi connectivity index (χ0) is 31.8. The van der Waals surface area contributed by atoms with Gasteiger partial charge in [0, 0.05) is 23.6 Å². The molecule has 4 aromatic carbocycles. The summed E-state index contributed by atoms with van der Waals surface area (Å²) in [6.45, 7) is 0. The van der Waals surface area contributed by atoms with Gasteiger partial charge in [-0.25, -0.2) is 9.59 Å². The number of hydrogen-bond donors (Lipinski definition) is 3. The molecular formula is C36H34N2O7. The minimum atomic E-state index is -1.24. The number of esters is 1. The van der Waals surface area contributed by atoms with E-state index in [0.717, 1.165) is 36.8 Å². The van der Waals surface area contributed by atoms with Crippen LogP contribution in [0.15, 0.2) is 97.1 Å². The number of aliphatic carboxylic acids is 1. The molecule has 0 radical (unpaired) electrons. The van der Waals surface area contributed by atoms with Crippen LogP contribution in [0.3, 0.4) is 0 Å². The number of rotatable bonds is 11. The van der Waals surface area contributed by atoms with Crippen LogP contribution in [0.25, 0.3) is 11.1 Å². The molecule has 9 heteroatoms. The van der Waals surface area contributed by atoms with Crippen molar-refractivity contribution in [3.8, 4) is 22.6 Å². The summed E-state index contributed by atoms with van der Waals surface area (Å²) >= 11 is 0. The summed E-state index contributed by atoms with van der Waals surface area (Å²) in [6, 6.07) is 26.7. The molecule has 1 aliphatic carbocycles. The zero-order valence-electron chi connectivity index (χ0n) is 24.8. The number of amides is 2. The molecule has 2 amide bonds. The van der Waals surface area contributed by atoms with Gasteiger partial charge in [-0.05, 0) is 78.1 Å². The van der Waals surface area contributed by atoms with E-state index < -0.39 is 23.9 Å². The van der Waals surface area contributed by atoms with Crippen molar-refractivity contribution in [1.29, 1.82) is 0 Å². The number of carbonyl (C=O) groups is 4. The molecule has 1 aliphatic rings. The summed E-state index contributed by atoms with van der Waals surface area (Å²) in [5, 5.41) is 15.3. The Kier molecular flexibility index (Phi) is 9.89. The van der Waals surface area contributed by atoms with Crippen molar-refractivity contribution < 1.29 is 33.8 Å². The number of benzene rings is 4. The number of anilines is 1. The van der Waals surface area contributed by atoms with Crippen molar-refractivity contribution in [2.45, 2.75) is 38.1 Å². The normalized spacial score (nSPS) is 13.4. The summed E-state index contributed by atoms with van der Waals surface area (Å²) in [7, 11) is 1.42. The summed E-state index contributed by atoms with van der Waals surface area (Å²) in [6.07, 6.45) is 3.83. The molecular weight excluding hydrogens is 572 g/mol. The molecule has 1 unspecified atom stereocenters. The van der Waals surface area contributed by atoms with Gasteiger partial charge in [0.2, 0.25) is 5.91 Å². The van der Waals surface area contributed by atoms with Gasteiger partial charge in [-0.3, -0.25) is 9.59 Å². The molecule has 0 spiro atoms. The molecule has 9 nitrogen and oxygen atoms in total. The van der Waals surface area contributed by atoms with Gasteiger partial charge >= 0.3 is 11.9 Å². The van der Waals surface area contributed by atoms with Crippen molar-refractivity contribution in [3.05, 3.63) is 114 Å². The van der Waals surface area contributed by atoms with E-state index in [1.807, 2.05) is 42.5 Å². The van der Waals surface area contributed by atoms with E-state index in [-0.39, 0.29) is 35.3 Å². The van der Waals surface area contributed by atoms with Crippen molar-refractivity contribution in [3.63, 3.8) is 0 Å². The number of carboxylic acids is 1. The number of nitrogens with one attached hydrogen (secondary N) is 2. The number of hydrogen-bond acceptors (Lipinski definition) is 6. The predicted octanol–water partition coefficient (Wildman–Crippen LogP) is 6.14. The Bertz CT molecular complexity index is 1660. The van der Waals surface area contributed by atoms with Gasteiger partial charge in [0.1, 0.15) is 6.04 Å². The molecule has 0 heterocycles. The van der Waals surface area contributed by atoms with Gasteiger partial charge < -0.3 is 25.2 Å². The van der Waals surface area contributed by atoms with Crippen molar-refractivity contribution in [2.24, 2.45) is 5.92 Å². The van der Waals surface area contributed by atoms with Crippen LogP contribution in [0, 0.1) is 5.92 Å². The minimum absolute atomic E-state index is 0.0154. The van der Waals surface area contributed by atoms with Crippen LogP contribution in [0.2, 0.25) is 0 Å². The predicted molar refractivity (Wildman–Crippen MR) is 169 cm³/mol. The summed E-state index contributed by atoms with van der Waals surface area (Å²) in [5.74, 6) is -1.93. The second kappa shape index (κ2) is 14.4. The fourth-order valence-electron chi connectivity index (χ4n) is 5.33. The second-order valence-electron chi connectivity index (χ2n) is 10.9. The van der Waals surface area contributed by atoms with Crippen molar-refractivity contribution in [2.75, 3.05) is 12.4 Å². The van der Waals surface area contributed by atoms with Gasteiger partial charge in [0.05, 0.1) is 12.7 Å². The van der Waals surface area contributed by atoms with Crippen LogP contribution in [-0.2, 0) is 16.0 Å². The van der Waals surface area contributed by atoms with Gasteiger partial charge in [0.25, 0.3) is 5.91 Å². The number of carboxylic acid groups (broad SMARTS) is 1. The van der Waals surface area contributed by atoms with Crippen LogP contribution in [0.5, 0.6) is 11.5 Å². The standard InChI is InChI=1S/C36H34N2O7/c1-44-32-22-23(11-20-31(32)45-36(43)28-14-12-25(13-15-28)24-7-3-2-4-8-24)21-30(35(41)42)38-34(40)27-16-18-29(19-17-27)37-33(39)26-9-5-6-10-26/h2-4,7-8,11-20,22,26,30H,5-6,9-10,21H2,1H3,(H,37,39)(H,38,40)(H,41,42). The first kappa shape index (κ1) is 31.0. The van der Waals surface area contributed by atoms with Gasteiger partial charge in [0.15, 0.2) is 11.5 Å². The monoisotopic (exact) mass is 606 g/mol. The van der Waals surface area contributed by atoms with E-state index in [4.69, 9.17) is 9.47 Å². The Morgan fingerprint density at radius 1 is 0.800 bits per heavy atom. The highest BCUT2D eigenvalue weighted by atomic mass is 16.6. The molecule has 0 aliphatic heterocycles. The third-order valence-electron chi connectivity index (χ3n) is 7.84. The number of carbonyl (C=O) groups excluding carboxylic acids is 3. The number of ether oxygens (including phenoxy) is 2. The highest BCUT2D eigenvalue weighted by Gasteiger charge is 2.24. The van der Waals surface area contributed by atoms with Crippen LogP contribution in [0.4, 0.5) is 5.69 Å². The molecule has 45 heavy (non-hydrogen) atoms. The van der Waals surface area contributed by atoms with E-state index in [2.05, 4.69) is 10.6 Å². The molecule has 0 aromatic heterocycles. The lowest BCUT2D eigenvalue weighted by molar-refractivity contribution is -0.139. The lowest BCUT2D eigenvalue weighted by atomic mass is 10.0. The fraction of sp³-hybridized carbons (Fsp3) is 0.222. The first-order chi connectivity index (χ1) is 21.8. The van der Waals surface area contributed by atoms with Gasteiger partial charge in [-0.15, -0.1) is 0 Å². The quantitative estimate of drug-likeness (QED) is 0.138. The lowest BCUT2D eigenvalue weighted by Crippen LogP contribution is -2.42. The maximum Gasteiger partial charge on any atom is 0.343 e. The zero-order valence-corrected chi connectivity index (χ0v) is 24.8. The maximum absolute atomic E-state index is 12.9. The van der Waals surface area contributed by atoms with Crippen LogP contribution in [-0.4, -0.2) is 42.0 Å². The second-order valence-corrected chi connectivity index (χ2v) is 10.9. The minimum Gasteiger partial charge on any atom is -0.493 e. The Morgan fingerprint density at radius 2 is 1.44 bits per heavy atom. The van der Waals surface area contributed by atoms with Crippen LogP contribution >= 0.6 is 0 Å². The van der Waals surface area contributed by atoms with E-state index >= 15 is 0 Å². The highest BCUT2D eigenvalue weighted by molar-refractivity contribution is 5.98. The van der Waals surface area contributed by atoms with E-state index in [0.29, 0.717) is 16.8 Å². The third-order valence-corrected chi connectivity index (χ3v) is 7.84. The van der Waals surface area contributed by atoms with Gasteiger partial charge in [-0.1, -0.05) is 61.4 Å². The number of methoxy groups -OCH3 is 1. The summed E-state index contributed by atoms with van der Waals surface area (Å²) < 4.78 is 11.0. The summed E-state index contributed by atoms with van der Waals surface area (Å²) in [4.78, 5) is 50.2. The summed E-state index contributed by atoms with van der Waals surface area (Å²) in [5.41, 5.74) is 3.75. The lowest BCUT2D eigenvalue weighted by Gasteiger charge is -2.16. The van der Waals surface area contributed by atoms with Crippen LogP contribution < -0.4 is 20.1 Å². The maximum atomic E-state index is 12.9. The first-order valence-corrected chi connectivity index (χ1v) is 14.8. The Hall–Kier alpha value is -5.44. The molecule has 0 saturated heterocycles. The molecule has 1 atom stereocenters. The molecule has 0 bridgehead atoms. The molecule has 4 aromatic rings. The topological polar surface area (TPSA) is 131 Å². The fourth-order valence-corrected chi connectivity index (χ4v) is 5.33. The van der Waals surface area contributed by atoms with Gasteiger partial charge in [-0.2, -0.15) is 0 Å². The average molecular weight is 607 g/mol. The molecule has 1 saturated carbocycles. The SMILES string of the molecule is COc1cc(CC(NC(=O)c2ccc(NC(=O)C3CCCC3)cc2)C(=O)O)ccc1OC(=O)c1ccc(-c2ccccc2)cc1.